The van der Waals surface area contributed by atoms with Gasteiger partial charge in [-0.3, -0.25) is 0 Å². The summed E-state index contributed by atoms with van der Waals surface area (Å²) in [6, 6.07) is 28.9. The predicted molar refractivity (Wildman–Crippen MR) is 151 cm³/mol. The molecule has 0 saturated carbocycles. The third-order valence-electron chi connectivity index (χ3n) is 5.80. The lowest BCUT2D eigenvalue weighted by Crippen LogP contribution is -2.06. The van der Waals surface area contributed by atoms with Crippen molar-refractivity contribution in [2.75, 3.05) is 36.1 Å². The molecule has 0 heterocycles. The molecule has 0 amide bonds. The highest BCUT2D eigenvalue weighted by molar-refractivity contribution is 5.69. The van der Waals surface area contributed by atoms with Gasteiger partial charge in [0.25, 0.3) is 0 Å². The number of ether oxygens (including phenoxy) is 4. The van der Waals surface area contributed by atoms with Crippen LogP contribution in [0.2, 0.25) is 0 Å². The van der Waals surface area contributed by atoms with Crippen molar-refractivity contribution in [3.8, 4) is 0 Å². The summed E-state index contributed by atoms with van der Waals surface area (Å²) < 4.78 is 22.7. The van der Waals surface area contributed by atoms with E-state index in [1.807, 2.05) is 91.0 Å². The van der Waals surface area contributed by atoms with E-state index in [4.69, 9.17) is 36.1 Å². The highest BCUT2D eigenvalue weighted by Gasteiger charge is 2.08. The van der Waals surface area contributed by atoms with Crippen molar-refractivity contribution in [1.29, 1.82) is 0 Å². The SMILES string of the molecule is Nc1cccc(COCOCc2cccc(Nc3cccc(N)c3COCOCc3ccccc3N)c2)c1. The third kappa shape index (κ3) is 8.22. The molecule has 0 spiro atoms. The predicted octanol–water partition coefficient (Wildman–Crippen LogP) is 5.56. The average molecular weight is 515 g/mol. The van der Waals surface area contributed by atoms with Crippen LogP contribution in [0.4, 0.5) is 28.4 Å². The van der Waals surface area contributed by atoms with E-state index < -0.39 is 0 Å². The summed E-state index contributed by atoms with van der Waals surface area (Å²) in [5.74, 6) is 0. The van der Waals surface area contributed by atoms with Crippen LogP contribution in [-0.2, 0) is 45.4 Å². The lowest BCUT2D eigenvalue weighted by atomic mass is 10.1. The topological polar surface area (TPSA) is 127 Å². The Hall–Kier alpha value is -4.08. The summed E-state index contributed by atoms with van der Waals surface area (Å²) in [6.07, 6.45) is 0. The summed E-state index contributed by atoms with van der Waals surface area (Å²) >= 11 is 0. The fraction of sp³-hybridized carbons (Fsp3) is 0.200. The average Bonchev–Trinajstić information content (AvgIpc) is 2.91. The number of hydrogen-bond acceptors (Lipinski definition) is 8. The lowest BCUT2D eigenvalue weighted by molar-refractivity contribution is -0.0689. The van der Waals surface area contributed by atoms with Gasteiger partial charge in [0.1, 0.15) is 13.6 Å². The van der Waals surface area contributed by atoms with Gasteiger partial charge < -0.3 is 41.5 Å². The first kappa shape index (κ1) is 27.0. The zero-order valence-electron chi connectivity index (χ0n) is 21.3. The molecule has 7 N–H and O–H groups in total. The summed E-state index contributed by atoms with van der Waals surface area (Å²) in [5, 5.41) is 3.44. The van der Waals surface area contributed by atoms with Crippen LogP contribution in [0.1, 0.15) is 22.3 Å². The zero-order chi connectivity index (χ0) is 26.6. The summed E-state index contributed by atoms with van der Waals surface area (Å²) in [5.41, 5.74) is 25.6. The molecule has 0 radical (unpaired) electrons. The molecule has 0 saturated heterocycles. The summed E-state index contributed by atoms with van der Waals surface area (Å²) in [4.78, 5) is 0. The molecule has 0 bridgehead atoms. The van der Waals surface area contributed by atoms with E-state index in [0.29, 0.717) is 43.5 Å². The van der Waals surface area contributed by atoms with Crippen LogP contribution in [0.15, 0.2) is 91.0 Å². The van der Waals surface area contributed by atoms with Crippen molar-refractivity contribution in [3.63, 3.8) is 0 Å². The highest BCUT2D eigenvalue weighted by Crippen LogP contribution is 2.27. The van der Waals surface area contributed by atoms with Gasteiger partial charge >= 0.3 is 0 Å². The Labute approximate surface area is 223 Å². The normalized spacial score (nSPS) is 10.9. The smallest absolute Gasteiger partial charge is 0.147 e. The van der Waals surface area contributed by atoms with Gasteiger partial charge in [-0.25, -0.2) is 0 Å². The van der Waals surface area contributed by atoms with E-state index in [-0.39, 0.29) is 13.6 Å². The minimum absolute atomic E-state index is 0.120. The molecule has 38 heavy (non-hydrogen) atoms. The Morgan fingerprint density at radius 1 is 0.553 bits per heavy atom. The van der Waals surface area contributed by atoms with E-state index in [9.17, 15) is 0 Å². The molecule has 4 aromatic rings. The van der Waals surface area contributed by atoms with Crippen LogP contribution >= 0.6 is 0 Å². The van der Waals surface area contributed by atoms with E-state index in [0.717, 1.165) is 33.6 Å². The molecule has 0 aliphatic carbocycles. The molecule has 0 fully saturated rings. The van der Waals surface area contributed by atoms with Crippen LogP contribution in [-0.4, -0.2) is 13.6 Å². The molecule has 0 aromatic heterocycles. The van der Waals surface area contributed by atoms with Crippen LogP contribution < -0.4 is 22.5 Å². The molecule has 4 rings (SSSR count). The molecule has 0 unspecified atom stereocenters. The number of nitrogens with one attached hydrogen (secondary N) is 1. The number of rotatable bonds is 14. The first-order valence-corrected chi connectivity index (χ1v) is 12.3. The number of nitrogens with two attached hydrogens (primary N) is 3. The first-order valence-electron chi connectivity index (χ1n) is 12.3. The van der Waals surface area contributed by atoms with E-state index >= 15 is 0 Å². The maximum Gasteiger partial charge on any atom is 0.147 e. The fourth-order valence-corrected chi connectivity index (χ4v) is 3.86. The third-order valence-corrected chi connectivity index (χ3v) is 5.80. The van der Waals surface area contributed by atoms with Crippen LogP contribution in [0.3, 0.4) is 0 Å². The minimum atomic E-state index is 0.120. The first-order chi connectivity index (χ1) is 18.6. The fourth-order valence-electron chi connectivity index (χ4n) is 3.86. The van der Waals surface area contributed by atoms with Gasteiger partial charge in [-0.2, -0.15) is 0 Å². The molecule has 0 atom stereocenters. The second-order valence-corrected chi connectivity index (χ2v) is 8.77. The van der Waals surface area contributed by atoms with Gasteiger partial charge in [0.05, 0.1) is 26.4 Å². The molecule has 0 aliphatic heterocycles. The Morgan fingerprint density at radius 2 is 1.18 bits per heavy atom. The molecule has 8 nitrogen and oxygen atoms in total. The largest absolute Gasteiger partial charge is 0.399 e. The van der Waals surface area contributed by atoms with Crippen molar-refractivity contribution in [3.05, 3.63) is 113 Å². The van der Waals surface area contributed by atoms with Gasteiger partial charge in [-0.1, -0.05) is 48.5 Å². The molecular weight excluding hydrogens is 480 g/mol. The van der Waals surface area contributed by atoms with Gasteiger partial charge in [-0.05, 0) is 53.6 Å². The maximum absolute atomic E-state index is 6.26. The monoisotopic (exact) mass is 514 g/mol. The Kier molecular flexibility index (Phi) is 9.95. The summed E-state index contributed by atoms with van der Waals surface area (Å²) in [6.45, 7) is 1.84. The molecule has 4 aromatic carbocycles. The van der Waals surface area contributed by atoms with E-state index in [1.54, 1.807) is 0 Å². The van der Waals surface area contributed by atoms with Gasteiger partial charge in [0, 0.05) is 39.6 Å². The van der Waals surface area contributed by atoms with Gasteiger partial charge in [-0.15, -0.1) is 0 Å². The van der Waals surface area contributed by atoms with Crippen LogP contribution in [0.5, 0.6) is 0 Å². The summed E-state index contributed by atoms with van der Waals surface area (Å²) in [7, 11) is 0. The quantitative estimate of drug-likeness (QED) is 0.0979. The number of para-hydroxylation sites is 1. The van der Waals surface area contributed by atoms with Crippen molar-refractivity contribution in [2.24, 2.45) is 0 Å². The zero-order valence-corrected chi connectivity index (χ0v) is 21.3. The number of hydrogen-bond donors (Lipinski definition) is 4. The van der Waals surface area contributed by atoms with Crippen LogP contribution in [0, 0.1) is 0 Å². The van der Waals surface area contributed by atoms with Crippen molar-refractivity contribution >= 4 is 28.4 Å². The maximum atomic E-state index is 6.26. The highest BCUT2D eigenvalue weighted by atomic mass is 16.7. The standard InChI is InChI=1S/C30H34N4O4/c31-25-9-3-6-22(14-25)16-35-20-36-17-23-7-4-10-26(15-23)34-30-13-5-12-29(33)27(30)19-38-21-37-18-24-8-1-2-11-28(24)32/h1-15,34H,16-21,31-33H2. The molecule has 0 aliphatic rings. The van der Waals surface area contributed by atoms with Crippen molar-refractivity contribution in [2.45, 2.75) is 26.4 Å². The van der Waals surface area contributed by atoms with Gasteiger partial charge in [0.15, 0.2) is 0 Å². The molecule has 8 heteroatoms. The Bertz CT molecular complexity index is 1310. The molecule has 198 valence electrons. The number of nitrogen functional groups attached to an aromatic ring is 3. The minimum Gasteiger partial charge on any atom is -0.399 e. The van der Waals surface area contributed by atoms with Gasteiger partial charge in [0.2, 0.25) is 0 Å². The van der Waals surface area contributed by atoms with Crippen LogP contribution in [0.25, 0.3) is 0 Å². The Morgan fingerprint density at radius 3 is 1.95 bits per heavy atom. The van der Waals surface area contributed by atoms with Crippen molar-refractivity contribution in [1.82, 2.24) is 0 Å². The second kappa shape index (κ2) is 14.0. The second-order valence-electron chi connectivity index (χ2n) is 8.77. The molecular formula is C30H34N4O4. The lowest BCUT2D eigenvalue weighted by Gasteiger charge is -2.16. The number of anilines is 5. The van der Waals surface area contributed by atoms with E-state index in [2.05, 4.69) is 5.32 Å². The van der Waals surface area contributed by atoms with E-state index in [1.165, 1.54) is 0 Å². The van der Waals surface area contributed by atoms with Crippen molar-refractivity contribution < 1.29 is 18.9 Å². The number of benzene rings is 4. The Balaban J connectivity index is 1.25.